The number of aromatic nitrogens is 2. The molecule has 10 nitrogen and oxygen atoms in total. The molecule has 0 radical (unpaired) electrons. The maximum atomic E-state index is 14.4. The number of methoxy groups -OCH3 is 1. The summed E-state index contributed by atoms with van der Waals surface area (Å²) in [7, 11) is 1.55. The van der Waals surface area contributed by atoms with E-state index in [-0.39, 0.29) is 18.4 Å². The van der Waals surface area contributed by atoms with E-state index in [0.29, 0.717) is 61.4 Å². The average Bonchev–Trinajstić information content (AvgIpc) is 3.35. The zero-order valence-corrected chi connectivity index (χ0v) is 28.7. The lowest BCUT2D eigenvalue weighted by molar-refractivity contribution is -0.155. The third-order valence-electron chi connectivity index (χ3n) is 10.1. The Balaban J connectivity index is 1.53. The van der Waals surface area contributed by atoms with E-state index >= 15 is 0 Å². The summed E-state index contributed by atoms with van der Waals surface area (Å²) in [5.74, 6) is -0.636. The number of ether oxygens (including phenoxy) is 2. The molecule has 0 saturated carbocycles. The molecule has 5 atom stereocenters. The van der Waals surface area contributed by atoms with E-state index in [1.54, 1.807) is 31.5 Å². The van der Waals surface area contributed by atoms with Crippen molar-refractivity contribution in [3.63, 3.8) is 0 Å². The standard InChI is InChI=1S/C36H47F3N6O4/c1-22(48-4)31-25(9-5-13-41-31)32-27-17-35(2,3)21-49-34(47)29-10-7-15-45(42-29)33(46)28(40)19-43-14-6-8-24(18-43)23-11-12-30(26(27)16-23)44(32)20-36(37,38)39/h5,9,11-13,16,22,24,28-29,42H,6-8,10,14-15,17-21,40H2,1-4H3/t22-,24-,28-,29-/m0/s1. The van der Waals surface area contributed by atoms with Gasteiger partial charge in [-0.05, 0) is 86.9 Å². The molecule has 49 heavy (non-hydrogen) atoms. The summed E-state index contributed by atoms with van der Waals surface area (Å²) in [5, 5.41) is 2.18. The Bertz CT molecular complexity index is 1690. The number of hydrazine groups is 1. The topological polar surface area (TPSA) is 115 Å². The van der Waals surface area contributed by atoms with E-state index < -0.39 is 42.3 Å². The Labute approximate surface area is 285 Å². The van der Waals surface area contributed by atoms with Crippen molar-refractivity contribution in [3.8, 4) is 11.3 Å². The van der Waals surface area contributed by atoms with Crippen molar-refractivity contribution in [3.05, 3.63) is 53.3 Å². The van der Waals surface area contributed by atoms with Gasteiger partial charge in [0.15, 0.2) is 0 Å². The van der Waals surface area contributed by atoms with Crippen LogP contribution in [0.1, 0.15) is 75.3 Å². The number of halogens is 3. The number of amides is 1. The number of nitrogens with two attached hydrogens (primary N) is 1. The molecular weight excluding hydrogens is 637 g/mol. The number of nitrogens with zero attached hydrogens (tertiary/aromatic N) is 4. The molecule has 6 bridgehead atoms. The van der Waals surface area contributed by atoms with E-state index in [1.807, 2.05) is 32.9 Å². The van der Waals surface area contributed by atoms with E-state index in [0.717, 1.165) is 35.9 Å². The summed E-state index contributed by atoms with van der Waals surface area (Å²) in [4.78, 5) is 33.5. The van der Waals surface area contributed by atoms with Crippen LogP contribution in [0.5, 0.6) is 0 Å². The SMILES string of the molecule is CO[C@@H](C)c1ncccc1-c1c2c3cc(ccc3n1CC(F)(F)F)[C@H]1CCCN(C1)C[C@H](N)C(=O)N1CCC[C@H](N1)C(=O)OCC(C)(C)C2. The number of fused-ring (bicyclic) bond motifs is 6. The van der Waals surface area contributed by atoms with Gasteiger partial charge in [0.1, 0.15) is 12.6 Å². The molecule has 5 heterocycles. The minimum Gasteiger partial charge on any atom is -0.464 e. The van der Waals surface area contributed by atoms with Crippen molar-refractivity contribution in [2.45, 2.75) is 89.7 Å². The number of carbonyl (C=O) groups excluding carboxylic acids is 2. The van der Waals surface area contributed by atoms with Gasteiger partial charge in [-0.1, -0.05) is 19.9 Å². The first-order valence-electron chi connectivity index (χ1n) is 17.2. The second kappa shape index (κ2) is 14.0. The van der Waals surface area contributed by atoms with E-state index in [2.05, 4.69) is 15.3 Å². The molecule has 3 N–H and O–H groups in total. The van der Waals surface area contributed by atoms with Gasteiger partial charge in [0.25, 0.3) is 5.91 Å². The fraction of sp³-hybridized carbons (Fsp3) is 0.583. The number of piperidine rings is 1. The van der Waals surface area contributed by atoms with Crippen molar-refractivity contribution in [1.29, 1.82) is 0 Å². The van der Waals surface area contributed by atoms with Crippen LogP contribution in [0, 0.1) is 5.41 Å². The molecule has 1 unspecified atom stereocenters. The first kappa shape index (κ1) is 35.3. The summed E-state index contributed by atoms with van der Waals surface area (Å²) in [6.45, 7) is 6.82. The van der Waals surface area contributed by atoms with Gasteiger partial charge in [0, 0.05) is 54.8 Å². The Morgan fingerprint density at radius 1 is 1.14 bits per heavy atom. The number of esters is 1. The summed E-state index contributed by atoms with van der Waals surface area (Å²) in [6.07, 6.45) is -0.0931. The number of hydrogen-bond acceptors (Lipinski definition) is 8. The predicted molar refractivity (Wildman–Crippen MR) is 179 cm³/mol. The Kier molecular flexibility index (Phi) is 10.1. The smallest absolute Gasteiger partial charge is 0.406 e. The van der Waals surface area contributed by atoms with Crippen LogP contribution in [-0.4, -0.2) is 89.5 Å². The first-order valence-corrected chi connectivity index (χ1v) is 17.2. The normalized spacial score (nSPS) is 25.9. The van der Waals surface area contributed by atoms with Gasteiger partial charge in [-0.15, -0.1) is 0 Å². The van der Waals surface area contributed by atoms with Crippen LogP contribution in [-0.2, 0) is 32.0 Å². The molecule has 3 aromatic rings. The van der Waals surface area contributed by atoms with Gasteiger partial charge in [-0.25, -0.2) is 5.43 Å². The molecule has 1 aromatic carbocycles. The first-order chi connectivity index (χ1) is 23.2. The zero-order valence-electron chi connectivity index (χ0n) is 28.7. The summed E-state index contributed by atoms with van der Waals surface area (Å²) >= 11 is 0. The number of rotatable bonds is 4. The Morgan fingerprint density at radius 2 is 1.92 bits per heavy atom. The highest BCUT2D eigenvalue weighted by atomic mass is 19.4. The second-order valence-electron chi connectivity index (χ2n) is 14.6. The number of alkyl halides is 3. The lowest BCUT2D eigenvalue weighted by Gasteiger charge is -2.37. The largest absolute Gasteiger partial charge is 0.464 e. The molecular formula is C36H47F3N6O4. The number of benzene rings is 1. The second-order valence-corrected chi connectivity index (χ2v) is 14.6. The molecule has 13 heteroatoms. The maximum Gasteiger partial charge on any atom is 0.406 e. The maximum absolute atomic E-state index is 14.4. The third-order valence-corrected chi connectivity index (χ3v) is 10.1. The molecule has 2 saturated heterocycles. The molecule has 6 rings (SSSR count). The van der Waals surface area contributed by atoms with Crippen LogP contribution in [0.4, 0.5) is 13.2 Å². The number of cyclic esters (lactones) is 1. The lowest BCUT2D eigenvalue weighted by atomic mass is 9.83. The number of hydrogen-bond donors (Lipinski definition) is 2. The quantitative estimate of drug-likeness (QED) is 0.365. The summed E-state index contributed by atoms with van der Waals surface area (Å²) in [6, 6.07) is 7.83. The van der Waals surface area contributed by atoms with Crippen molar-refractivity contribution in [2.24, 2.45) is 11.1 Å². The van der Waals surface area contributed by atoms with Gasteiger partial charge in [-0.2, -0.15) is 13.2 Å². The molecule has 2 fully saturated rings. The highest BCUT2D eigenvalue weighted by Gasteiger charge is 2.37. The fourth-order valence-corrected chi connectivity index (χ4v) is 7.64. The van der Waals surface area contributed by atoms with E-state index in [1.165, 1.54) is 9.58 Å². The van der Waals surface area contributed by atoms with Crippen molar-refractivity contribution < 1.29 is 32.2 Å². The van der Waals surface area contributed by atoms with Crippen molar-refractivity contribution >= 4 is 22.8 Å². The Morgan fingerprint density at radius 3 is 2.67 bits per heavy atom. The number of nitrogens with one attached hydrogen (secondary N) is 1. The summed E-state index contributed by atoms with van der Waals surface area (Å²) in [5.41, 5.74) is 12.6. The average molecular weight is 685 g/mol. The number of carbonyl (C=O) groups is 2. The molecule has 3 aliphatic heterocycles. The van der Waals surface area contributed by atoms with Crippen LogP contribution in [0.25, 0.3) is 22.2 Å². The van der Waals surface area contributed by atoms with E-state index in [9.17, 15) is 22.8 Å². The van der Waals surface area contributed by atoms with Crippen LogP contribution in [0.15, 0.2) is 36.5 Å². The van der Waals surface area contributed by atoms with Gasteiger partial charge in [0.05, 0.1) is 30.1 Å². The highest BCUT2D eigenvalue weighted by molar-refractivity contribution is 5.93. The minimum atomic E-state index is -4.50. The predicted octanol–water partition coefficient (Wildman–Crippen LogP) is 5.10. The lowest BCUT2D eigenvalue weighted by Crippen LogP contribution is -2.60. The van der Waals surface area contributed by atoms with E-state index in [4.69, 9.17) is 15.2 Å². The van der Waals surface area contributed by atoms with Gasteiger partial charge >= 0.3 is 12.1 Å². The van der Waals surface area contributed by atoms with Crippen molar-refractivity contribution in [1.82, 2.24) is 24.9 Å². The molecule has 0 aliphatic carbocycles. The zero-order chi connectivity index (χ0) is 35.1. The van der Waals surface area contributed by atoms with Crippen LogP contribution < -0.4 is 11.2 Å². The van der Waals surface area contributed by atoms with Gasteiger partial charge < -0.3 is 24.7 Å². The molecule has 3 aliphatic rings. The number of pyridine rings is 1. The monoisotopic (exact) mass is 684 g/mol. The summed E-state index contributed by atoms with van der Waals surface area (Å²) < 4.78 is 56.1. The molecule has 1 amide bonds. The minimum absolute atomic E-state index is 0.0223. The highest BCUT2D eigenvalue weighted by Crippen LogP contribution is 2.43. The van der Waals surface area contributed by atoms with Gasteiger partial charge in [0.2, 0.25) is 0 Å². The molecule has 0 spiro atoms. The molecule has 2 aromatic heterocycles. The van der Waals surface area contributed by atoms with Crippen LogP contribution in [0.2, 0.25) is 0 Å². The van der Waals surface area contributed by atoms with Gasteiger partial charge in [-0.3, -0.25) is 19.6 Å². The molecule has 266 valence electrons. The van der Waals surface area contributed by atoms with Crippen LogP contribution in [0.3, 0.4) is 0 Å². The van der Waals surface area contributed by atoms with Crippen molar-refractivity contribution in [2.75, 3.05) is 39.9 Å². The Hall–Kier alpha value is -3.52. The van der Waals surface area contributed by atoms with Crippen LogP contribution >= 0.6 is 0 Å². The third kappa shape index (κ3) is 7.64. The fourth-order valence-electron chi connectivity index (χ4n) is 7.64.